The summed E-state index contributed by atoms with van der Waals surface area (Å²) in [5, 5.41) is 7.09. The number of aromatic nitrogens is 2. The summed E-state index contributed by atoms with van der Waals surface area (Å²) in [5.41, 5.74) is 6.50. The SMILES string of the molecule is CCCC(C)NC(=O)C(C)n1nc(N)cc1C. The van der Waals surface area contributed by atoms with E-state index in [9.17, 15) is 4.79 Å². The summed E-state index contributed by atoms with van der Waals surface area (Å²) in [7, 11) is 0. The van der Waals surface area contributed by atoms with Crippen LogP contribution in [0.3, 0.4) is 0 Å². The summed E-state index contributed by atoms with van der Waals surface area (Å²) < 4.78 is 1.66. The quantitative estimate of drug-likeness (QED) is 0.819. The van der Waals surface area contributed by atoms with Crippen LogP contribution in [0.2, 0.25) is 0 Å². The van der Waals surface area contributed by atoms with Gasteiger partial charge in [-0.3, -0.25) is 9.48 Å². The zero-order valence-corrected chi connectivity index (χ0v) is 11.0. The molecule has 96 valence electrons. The highest BCUT2D eigenvalue weighted by Crippen LogP contribution is 2.12. The smallest absolute Gasteiger partial charge is 0.244 e. The minimum absolute atomic E-state index is 0.0165. The maximum atomic E-state index is 12.0. The van der Waals surface area contributed by atoms with Crippen LogP contribution < -0.4 is 11.1 Å². The third-order valence-electron chi connectivity index (χ3n) is 2.80. The molecule has 1 aromatic rings. The third-order valence-corrected chi connectivity index (χ3v) is 2.80. The van der Waals surface area contributed by atoms with Gasteiger partial charge in [0.15, 0.2) is 0 Å². The van der Waals surface area contributed by atoms with Gasteiger partial charge in [0.1, 0.15) is 11.9 Å². The average molecular weight is 238 g/mol. The number of carbonyl (C=O) groups excluding carboxylic acids is 1. The lowest BCUT2D eigenvalue weighted by molar-refractivity contribution is -0.124. The van der Waals surface area contributed by atoms with Gasteiger partial charge >= 0.3 is 0 Å². The summed E-state index contributed by atoms with van der Waals surface area (Å²) in [6.07, 6.45) is 2.04. The number of nitrogens with two attached hydrogens (primary N) is 1. The van der Waals surface area contributed by atoms with Crippen molar-refractivity contribution in [3.8, 4) is 0 Å². The van der Waals surface area contributed by atoms with Crippen LogP contribution in [0.25, 0.3) is 0 Å². The number of anilines is 1. The number of amides is 1. The van der Waals surface area contributed by atoms with Crippen LogP contribution in [0.15, 0.2) is 6.07 Å². The van der Waals surface area contributed by atoms with Gasteiger partial charge in [-0.1, -0.05) is 13.3 Å². The van der Waals surface area contributed by atoms with E-state index < -0.39 is 0 Å². The zero-order chi connectivity index (χ0) is 13.0. The predicted molar refractivity (Wildman–Crippen MR) is 68.6 cm³/mol. The summed E-state index contributed by atoms with van der Waals surface area (Å²) in [6.45, 7) is 7.83. The van der Waals surface area contributed by atoms with Gasteiger partial charge in [0, 0.05) is 17.8 Å². The third kappa shape index (κ3) is 3.47. The summed E-state index contributed by atoms with van der Waals surface area (Å²) >= 11 is 0. The lowest BCUT2D eigenvalue weighted by Crippen LogP contribution is -2.37. The molecule has 0 aliphatic carbocycles. The molecule has 2 atom stereocenters. The molecule has 1 amide bonds. The van der Waals surface area contributed by atoms with Crippen LogP contribution in [-0.4, -0.2) is 21.7 Å². The van der Waals surface area contributed by atoms with Crippen LogP contribution >= 0.6 is 0 Å². The van der Waals surface area contributed by atoms with E-state index in [1.165, 1.54) is 0 Å². The fourth-order valence-corrected chi connectivity index (χ4v) is 1.88. The zero-order valence-electron chi connectivity index (χ0n) is 11.0. The molecule has 0 aromatic carbocycles. The standard InChI is InChI=1S/C12H22N4O/c1-5-6-8(2)14-12(17)10(4)16-9(3)7-11(13)15-16/h7-8,10H,5-6H2,1-4H3,(H2,13,15)(H,14,17). The van der Waals surface area contributed by atoms with Crippen molar-refractivity contribution in [2.24, 2.45) is 0 Å². The Balaban J connectivity index is 2.66. The first kappa shape index (κ1) is 13.5. The van der Waals surface area contributed by atoms with Crippen molar-refractivity contribution in [3.05, 3.63) is 11.8 Å². The molecule has 1 aromatic heterocycles. The lowest BCUT2D eigenvalue weighted by atomic mass is 10.2. The Morgan fingerprint density at radius 3 is 2.71 bits per heavy atom. The monoisotopic (exact) mass is 238 g/mol. The van der Waals surface area contributed by atoms with E-state index >= 15 is 0 Å². The molecular formula is C12H22N4O. The summed E-state index contributed by atoms with van der Waals surface area (Å²) in [5.74, 6) is 0.431. The Hall–Kier alpha value is -1.52. The van der Waals surface area contributed by atoms with Crippen LogP contribution in [0, 0.1) is 6.92 Å². The molecule has 3 N–H and O–H groups in total. The average Bonchev–Trinajstić information content (AvgIpc) is 2.56. The molecule has 0 saturated heterocycles. The highest BCUT2D eigenvalue weighted by molar-refractivity contribution is 5.80. The van der Waals surface area contributed by atoms with E-state index in [0.29, 0.717) is 5.82 Å². The normalized spacial score (nSPS) is 14.4. The van der Waals surface area contributed by atoms with E-state index in [0.717, 1.165) is 18.5 Å². The largest absolute Gasteiger partial charge is 0.382 e. The van der Waals surface area contributed by atoms with Gasteiger partial charge in [-0.25, -0.2) is 0 Å². The van der Waals surface area contributed by atoms with Gasteiger partial charge in [-0.05, 0) is 27.2 Å². The summed E-state index contributed by atoms with van der Waals surface area (Å²) in [6, 6.07) is 1.63. The van der Waals surface area contributed by atoms with Crippen LogP contribution in [-0.2, 0) is 4.79 Å². The molecule has 0 aliphatic heterocycles. The van der Waals surface area contributed by atoms with Crippen LogP contribution in [0.5, 0.6) is 0 Å². The van der Waals surface area contributed by atoms with E-state index in [4.69, 9.17) is 5.73 Å². The number of rotatable bonds is 5. The number of hydrogen-bond acceptors (Lipinski definition) is 3. The lowest BCUT2D eigenvalue weighted by Gasteiger charge is -2.18. The number of carbonyl (C=O) groups is 1. The number of hydrogen-bond donors (Lipinski definition) is 2. The highest BCUT2D eigenvalue weighted by atomic mass is 16.2. The topological polar surface area (TPSA) is 72.9 Å². The van der Waals surface area contributed by atoms with Crippen molar-refractivity contribution in [3.63, 3.8) is 0 Å². The Kier molecular flexibility index (Phi) is 4.54. The van der Waals surface area contributed by atoms with E-state index in [1.54, 1.807) is 10.7 Å². The fraction of sp³-hybridized carbons (Fsp3) is 0.667. The van der Waals surface area contributed by atoms with Crippen LogP contribution in [0.4, 0.5) is 5.82 Å². The highest BCUT2D eigenvalue weighted by Gasteiger charge is 2.19. The Bertz CT molecular complexity index is 386. The van der Waals surface area contributed by atoms with Crippen molar-refractivity contribution < 1.29 is 4.79 Å². The predicted octanol–water partition coefficient (Wildman–Crippen LogP) is 1.64. The van der Waals surface area contributed by atoms with Gasteiger partial charge in [-0.2, -0.15) is 5.10 Å². The molecule has 5 nitrogen and oxygen atoms in total. The second-order valence-corrected chi connectivity index (χ2v) is 4.53. The molecule has 17 heavy (non-hydrogen) atoms. The van der Waals surface area contributed by atoms with Gasteiger partial charge in [0.25, 0.3) is 0 Å². The molecule has 0 aliphatic rings. The maximum Gasteiger partial charge on any atom is 0.244 e. The van der Waals surface area contributed by atoms with Gasteiger partial charge in [0.2, 0.25) is 5.91 Å². The molecule has 1 rings (SSSR count). The maximum absolute atomic E-state index is 12.0. The number of aryl methyl sites for hydroxylation is 1. The second kappa shape index (κ2) is 5.70. The van der Waals surface area contributed by atoms with E-state index in [-0.39, 0.29) is 18.0 Å². The molecule has 0 spiro atoms. The van der Waals surface area contributed by atoms with Crippen molar-refractivity contribution in [2.75, 3.05) is 5.73 Å². The van der Waals surface area contributed by atoms with Crippen molar-refractivity contribution in [1.82, 2.24) is 15.1 Å². The van der Waals surface area contributed by atoms with Crippen LogP contribution in [0.1, 0.15) is 45.3 Å². The van der Waals surface area contributed by atoms with E-state index in [2.05, 4.69) is 17.3 Å². The molecule has 5 heteroatoms. The summed E-state index contributed by atoms with van der Waals surface area (Å²) in [4.78, 5) is 12.0. The van der Waals surface area contributed by atoms with Crippen molar-refractivity contribution in [2.45, 2.75) is 52.6 Å². The Morgan fingerprint density at radius 2 is 2.24 bits per heavy atom. The first-order chi connectivity index (χ1) is 7.95. The number of nitrogens with zero attached hydrogens (tertiary/aromatic N) is 2. The Morgan fingerprint density at radius 1 is 1.59 bits per heavy atom. The first-order valence-corrected chi connectivity index (χ1v) is 6.07. The number of nitrogens with one attached hydrogen (secondary N) is 1. The van der Waals surface area contributed by atoms with Gasteiger partial charge in [-0.15, -0.1) is 0 Å². The minimum atomic E-state index is -0.327. The Labute approximate surface area is 102 Å². The molecule has 0 saturated carbocycles. The fourth-order valence-electron chi connectivity index (χ4n) is 1.88. The van der Waals surface area contributed by atoms with Crippen molar-refractivity contribution >= 4 is 11.7 Å². The molecule has 1 heterocycles. The van der Waals surface area contributed by atoms with Crippen molar-refractivity contribution in [1.29, 1.82) is 0 Å². The minimum Gasteiger partial charge on any atom is -0.382 e. The molecule has 0 bridgehead atoms. The van der Waals surface area contributed by atoms with Gasteiger partial charge in [0.05, 0.1) is 0 Å². The molecular weight excluding hydrogens is 216 g/mol. The molecule has 0 fully saturated rings. The molecule has 2 unspecified atom stereocenters. The van der Waals surface area contributed by atoms with Gasteiger partial charge < -0.3 is 11.1 Å². The molecule has 0 radical (unpaired) electrons. The first-order valence-electron chi connectivity index (χ1n) is 6.07. The second-order valence-electron chi connectivity index (χ2n) is 4.53. The number of nitrogen functional groups attached to an aromatic ring is 1. The van der Waals surface area contributed by atoms with E-state index in [1.807, 2.05) is 20.8 Å².